The summed E-state index contributed by atoms with van der Waals surface area (Å²) in [5.41, 5.74) is 2.31. The topological polar surface area (TPSA) is 123 Å². The summed E-state index contributed by atoms with van der Waals surface area (Å²) >= 11 is 0. The number of hydrogen-bond donors (Lipinski definition) is 3. The van der Waals surface area contributed by atoms with E-state index >= 15 is 0 Å². The van der Waals surface area contributed by atoms with Crippen molar-refractivity contribution in [2.75, 3.05) is 12.5 Å². The quantitative estimate of drug-likeness (QED) is 0.485. The second-order valence-electron chi connectivity index (χ2n) is 7.01. The minimum atomic E-state index is -0.875. The van der Waals surface area contributed by atoms with Crippen LogP contribution in [-0.2, 0) is 9.53 Å². The highest BCUT2D eigenvalue weighted by Gasteiger charge is 2.27. The van der Waals surface area contributed by atoms with Crippen LogP contribution >= 0.6 is 0 Å². The molecule has 0 aliphatic rings. The molecule has 0 bridgehead atoms. The molecule has 3 N–H and O–H groups in total. The number of hydrogen-bond acceptors (Lipinski definition) is 7. The number of carbonyl (C=O) groups excluding carboxylic acids is 2. The van der Waals surface area contributed by atoms with Crippen LogP contribution < -0.4 is 31.8 Å². The van der Waals surface area contributed by atoms with E-state index < -0.39 is 34.5 Å². The molecule has 0 saturated heterocycles. The first kappa shape index (κ1) is 20.5. The Morgan fingerprint density at radius 2 is 1.72 bits per heavy atom. The standard InChI is InChI=1S/C16H25N3O6/c1-8(2)7-9(17-15(23)25-16(3,4)5)14(22)19-18-10-11(20)12(21)13(10)24-6/h8-9,18H,7H2,1-6H3,(H,17,23)(H,19,22)/t9-/m0/s1. The molecule has 9 nitrogen and oxygen atoms in total. The van der Waals surface area contributed by atoms with Crippen molar-refractivity contribution in [2.45, 2.75) is 52.7 Å². The van der Waals surface area contributed by atoms with E-state index in [2.05, 4.69) is 16.2 Å². The van der Waals surface area contributed by atoms with Crippen molar-refractivity contribution in [3.05, 3.63) is 20.4 Å². The lowest BCUT2D eigenvalue weighted by Crippen LogP contribution is -2.51. The third-order valence-electron chi connectivity index (χ3n) is 3.10. The van der Waals surface area contributed by atoms with Crippen LogP contribution in [0.15, 0.2) is 9.59 Å². The van der Waals surface area contributed by atoms with E-state index in [0.717, 1.165) is 0 Å². The number of alkyl carbamates (subject to hydrolysis) is 1. The van der Waals surface area contributed by atoms with E-state index in [1.54, 1.807) is 20.8 Å². The van der Waals surface area contributed by atoms with Gasteiger partial charge in [-0.15, -0.1) is 0 Å². The first-order valence-electron chi connectivity index (χ1n) is 7.89. The SMILES string of the molecule is COc1c(NNC(=O)[C@H](CC(C)C)NC(=O)OC(C)(C)C)c(=O)c1=O. The van der Waals surface area contributed by atoms with Crippen LogP contribution in [0.5, 0.6) is 5.75 Å². The van der Waals surface area contributed by atoms with E-state index in [-0.39, 0.29) is 17.4 Å². The zero-order chi connectivity index (χ0) is 19.4. The van der Waals surface area contributed by atoms with Gasteiger partial charge in [-0.1, -0.05) is 13.8 Å². The number of ether oxygens (including phenoxy) is 2. The van der Waals surface area contributed by atoms with Gasteiger partial charge in [0.25, 0.3) is 16.8 Å². The maximum Gasteiger partial charge on any atom is 0.408 e. The van der Waals surface area contributed by atoms with Gasteiger partial charge in [-0.2, -0.15) is 0 Å². The van der Waals surface area contributed by atoms with Gasteiger partial charge in [0.05, 0.1) is 7.11 Å². The number of hydrazine groups is 1. The van der Waals surface area contributed by atoms with Crippen molar-refractivity contribution in [2.24, 2.45) is 5.92 Å². The van der Waals surface area contributed by atoms with Crippen LogP contribution in [0, 0.1) is 5.92 Å². The minimum absolute atomic E-state index is 0.117. The molecule has 2 amide bonds. The highest BCUT2D eigenvalue weighted by atomic mass is 16.6. The molecule has 0 saturated carbocycles. The van der Waals surface area contributed by atoms with Crippen LogP contribution in [0.2, 0.25) is 0 Å². The van der Waals surface area contributed by atoms with Gasteiger partial charge in [-0.25, -0.2) is 4.79 Å². The predicted octanol–water partition coefficient (Wildman–Crippen LogP) is 0.674. The molecule has 1 aromatic carbocycles. The van der Waals surface area contributed by atoms with Crippen LogP contribution in [0.4, 0.5) is 10.5 Å². The van der Waals surface area contributed by atoms with E-state index in [1.807, 2.05) is 13.8 Å². The summed E-state index contributed by atoms with van der Waals surface area (Å²) in [6.45, 7) is 8.92. The number of methoxy groups -OCH3 is 1. The molecule has 0 aliphatic carbocycles. The lowest BCUT2D eigenvalue weighted by atomic mass is 10.0. The summed E-state index contributed by atoms with van der Waals surface area (Å²) in [7, 11) is 1.24. The molecule has 0 aliphatic heterocycles. The Bertz CT molecular complexity index is 698. The number of amides is 2. The average molecular weight is 355 g/mol. The Morgan fingerprint density at radius 1 is 1.12 bits per heavy atom. The monoisotopic (exact) mass is 355 g/mol. The molecule has 1 aromatic rings. The van der Waals surface area contributed by atoms with Crippen molar-refractivity contribution in [1.29, 1.82) is 0 Å². The second-order valence-corrected chi connectivity index (χ2v) is 7.01. The fourth-order valence-corrected chi connectivity index (χ4v) is 2.04. The fraction of sp³-hybridized carbons (Fsp3) is 0.625. The highest BCUT2D eigenvalue weighted by Crippen LogP contribution is 2.15. The molecule has 0 unspecified atom stereocenters. The van der Waals surface area contributed by atoms with Crippen LogP contribution in [0.25, 0.3) is 0 Å². The van der Waals surface area contributed by atoms with Crippen molar-refractivity contribution in [3.8, 4) is 5.75 Å². The van der Waals surface area contributed by atoms with Gasteiger partial charge in [-0.05, 0) is 33.1 Å². The third-order valence-corrected chi connectivity index (χ3v) is 3.10. The zero-order valence-corrected chi connectivity index (χ0v) is 15.3. The van der Waals surface area contributed by atoms with Gasteiger partial charge in [0.15, 0.2) is 11.4 Å². The number of anilines is 1. The van der Waals surface area contributed by atoms with Crippen molar-refractivity contribution in [3.63, 3.8) is 0 Å². The molecule has 1 rings (SSSR count). The molecule has 0 fully saturated rings. The summed E-state index contributed by atoms with van der Waals surface area (Å²) in [4.78, 5) is 46.9. The van der Waals surface area contributed by atoms with Crippen LogP contribution in [0.3, 0.4) is 0 Å². The molecule has 0 heterocycles. The molecule has 1 atom stereocenters. The number of rotatable bonds is 7. The highest BCUT2D eigenvalue weighted by molar-refractivity contribution is 5.86. The van der Waals surface area contributed by atoms with Gasteiger partial charge in [0, 0.05) is 0 Å². The number of nitrogens with one attached hydrogen (secondary N) is 3. The Labute approximate surface area is 145 Å². The van der Waals surface area contributed by atoms with Gasteiger partial charge in [0.2, 0.25) is 0 Å². The van der Waals surface area contributed by atoms with E-state index in [4.69, 9.17) is 9.47 Å². The van der Waals surface area contributed by atoms with Crippen molar-refractivity contribution in [1.82, 2.24) is 10.7 Å². The number of carbonyl (C=O) groups is 2. The third kappa shape index (κ3) is 5.77. The smallest absolute Gasteiger partial charge is 0.408 e. The second kappa shape index (κ2) is 8.00. The average Bonchev–Trinajstić information content (AvgIpc) is 2.46. The van der Waals surface area contributed by atoms with Gasteiger partial charge < -0.3 is 14.8 Å². The Morgan fingerprint density at radius 3 is 2.20 bits per heavy atom. The van der Waals surface area contributed by atoms with Crippen molar-refractivity contribution < 1.29 is 19.1 Å². The molecule has 140 valence electrons. The van der Waals surface area contributed by atoms with E-state index in [1.165, 1.54) is 7.11 Å². The largest absolute Gasteiger partial charge is 0.490 e. The Balaban J connectivity index is 2.73. The molecular formula is C16H25N3O6. The maximum absolute atomic E-state index is 12.3. The van der Waals surface area contributed by atoms with Crippen LogP contribution in [-0.4, -0.2) is 30.8 Å². The first-order chi connectivity index (χ1) is 11.5. The predicted molar refractivity (Wildman–Crippen MR) is 92.3 cm³/mol. The molecule has 0 spiro atoms. The maximum atomic E-state index is 12.3. The first-order valence-corrected chi connectivity index (χ1v) is 7.89. The Hall–Kier alpha value is -2.58. The normalized spacial score (nSPS) is 12.6. The van der Waals surface area contributed by atoms with Gasteiger partial charge in [0.1, 0.15) is 11.6 Å². The molecule has 9 heteroatoms. The lowest BCUT2D eigenvalue weighted by Gasteiger charge is -2.24. The Kier molecular flexibility index (Phi) is 6.55. The molecule has 25 heavy (non-hydrogen) atoms. The summed E-state index contributed by atoms with van der Waals surface area (Å²) < 4.78 is 9.91. The van der Waals surface area contributed by atoms with Gasteiger partial charge in [-0.3, -0.25) is 25.2 Å². The van der Waals surface area contributed by atoms with Crippen molar-refractivity contribution >= 4 is 17.7 Å². The summed E-state index contributed by atoms with van der Waals surface area (Å²) in [6.07, 6.45) is -0.365. The summed E-state index contributed by atoms with van der Waals surface area (Å²) in [5.74, 6) is -0.605. The zero-order valence-electron chi connectivity index (χ0n) is 15.3. The molecule has 0 aromatic heterocycles. The van der Waals surface area contributed by atoms with E-state index in [0.29, 0.717) is 6.42 Å². The lowest BCUT2D eigenvalue weighted by molar-refractivity contribution is -0.123. The summed E-state index contributed by atoms with van der Waals surface area (Å²) in [6, 6.07) is -0.875. The van der Waals surface area contributed by atoms with E-state index in [9.17, 15) is 19.2 Å². The molecular weight excluding hydrogens is 330 g/mol. The van der Waals surface area contributed by atoms with Gasteiger partial charge >= 0.3 is 6.09 Å². The fourth-order valence-electron chi connectivity index (χ4n) is 2.04. The molecule has 0 radical (unpaired) electrons. The van der Waals surface area contributed by atoms with Crippen LogP contribution in [0.1, 0.15) is 41.0 Å². The minimum Gasteiger partial charge on any atom is -0.490 e. The summed E-state index contributed by atoms with van der Waals surface area (Å²) in [5, 5.41) is 2.50.